The highest BCUT2D eigenvalue weighted by atomic mass is 35.5. The van der Waals surface area contributed by atoms with Gasteiger partial charge in [-0.05, 0) is 12.1 Å². The molecule has 1 N–H and O–H groups in total. The summed E-state index contributed by atoms with van der Waals surface area (Å²) in [5, 5.41) is 9.12. The van der Waals surface area contributed by atoms with Crippen molar-refractivity contribution in [3.8, 4) is 0 Å². The van der Waals surface area contributed by atoms with E-state index < -0.39 is 18.0 Å². The van der Waals surface area contributed by atoms with E-state index in [0.29, 0.717) is 5.56 Å². The van der Waals surface area contributed by atoms with Crippen molar-refractivity contribution in [2.24, 2.45) is 0 Å². The number of halogens is 1. The number of nitrogens with zero attached hydrogens (tertiary/aromatic N) is 1. The first-order chi connectivity index (χ1) is 9.18. The second-order valence-corrected chi connectivity index (χ2v) is 3.75. The monoisotopic (exact) mass is 293 g/mol. The van der Waals surface area contributed by atoms with Crippen LogP contribution in [-0.2, 0) is 9.53 Å². The van der Waals surface area contributed by atoms with Crippen molar-refractivity contribution in [3.63, 3.8) is 0 Å². The number of carbonyl (C=O) groups excluding carboxylic acids is 1. The standard InChI is InChI=1S/C14H11NO4.ClH/c16-13(17)12(10-6-2-1-3-7-10)19-14(18)11-8-4-5-9-15-11;/h1-9,12H,(H,16,17);1H. The third-order valence-electron chi connectivity index (χ3n) is 2.43. The Morgan fingerprint density at radius 2 is 1.70 bits per heavy atom. The Morgan fingerprint density at radius 1 is 1.05 bits per heavy atom. The SMILES string of the molecule is Cl.O=C(OC(C(=O)O)c1ccccc1)c1ccccn1. The van der Waals surface area contributed by atoms with Crippen LogP contribution in [-0.4, -0.2) is 22.0 Å². The van der Waals surface area contributed by atoms with Gasteiger partial charge < -0.3 is 9.84 Å². The molecule has 0 spiro atoms. The Morgan fingerprint density at radius 3 is 2.25 bits per heavy atom. The summed E-state index contributed by atoms with van der Waals surface area (Å²) in [7, 11) is 0. The molecule has 0 fully saturated rings. The van der Waals surface area contributed by atoms with Crippen molar-refractivity contribution in [2.75, 3.05) is 0 Å². The number of carbonyl (C=O) groups is 2. The normalized spacial score (nSPS) is 11.0. The molecule has 104 valence electrons. The average Bonchev–Trinajstić information content (AvgIpc) is 2.46. The number of aromatic nitrogens is 1. The van der Waals surface area contributed by atoms with Crippen molar-refractivity contribution in [3.05, 3.63) is 66.0 Å². The third kappa shape index (κ3) is 3.80. The number of carboxylic acid groups (broad SMARTS) is 1. The fraction of sp³-hybridized carbons (Fsp3) is 0.0714. The molecule has 1 atom stereocenters. The minimum Gasteiger partial charge on any atom is -0.478 e. The number of benzene rings is 1. The first-order valence-corrected chi connectivity index (χ1v) is 5.58. The summed E-state index contributed by atoms with van der Waals surface area (Å²) in [6, 6.07) is 13.0. The highest BCUT2D eigenvalue weighted by Crippen LogP contribution is 2.18. The van der Waals surface area contributed by atoms with Crippen LogP contribution in [0.4, 0.5) is 0 Å². The number of aliphatic carboxylic acids is 1. The molecule has 0 aliphatic heterocycles. The number of rotatable bonds is 4. The first kappa shape index (κ1) is 15.7. The zero-order chi connectivity index (χ0) is 13.7. The summed E-state index contributed by atoms with van der Waals surface area (Å²) in [4.78, 5) is 26.8. The predicted molar refractivity (Wildman–Crippen MR) is 73.7 cm³/mol. The molecule has 0 saturated heterocycles. The minimum absolute atomic E-state index is 0. The number of carboxylic acids is 1. The number of hydrogen-bond acceptors (Lipinski definition) is 4. The first-order valence-electron chi connectivity index (χ1n) is 5.58. The van der Waals surface area contributed by atoms with Gasteiger partial charge in [-0.3, -0.25) is 0 Å². The molecule has 0 bridgehead atoms. The van der Waals surface area contributed by atoms with Gasteiger partial charge in [0.25, 0.3) is 0 Å². The third-order valence-corrected chi connectivity index (χ3v) is 2.43. The van der Waals surface area contributed by atoms with Crippen molar-refractivity contribution in [1.82, 2.24) is 4.98 Å². The molecule has 1 unspecified atom stereocenters. The molecule has 0 radical (unpaired) electrons. The predicted octanol–water partition coefficient (Wildman–Crippen LogP) is 2.49. The van der Waals surface area contributed by atoms with E-state index in [0.717, 1.165) is 0 Å². The lowest BCUT2D eigenvalue weighted by Crippen LogP contribution is -2.20. The number of ether oxygens (including phenoxy) is 1. The highest BCUT2D eigenvalue weighted by molar-refractivity contribution is 5.89. The molecular weight excluding hydrogens is 282 g/mol. The Balaban J connectivity index is 0.00000200. The quantitative estimate of drug-likeness (QED) is 0.876. The van der Waals surface area contributed by atoms with Crippen LogP contribution in [0.25, 0.3) is 0 Å². The maximum atomic E-state index is 11.8. The van der Waals surface area contributed by atoms with Gasteiger partial charge in [0, 0.05) is 11.8 Å². The van der Waals surface area contributed by atoms with Crippen molar-refractivity contribution >= 4 is 24.3 Å². The molecule has 0 saturated carbocycles. The van der Waals surface area contributed by atoms with E-state index in [-0.39, 0.29) is 18.1 Å². The van der Waals surface area contributed by atoms with Crippen LogP contribution in [0.3, 0.4) is 0 Å². The van der Waals surface area contributed by atoms with Crippen LogP contribution in [0.15, 0.2) is 54.7 Å². The zero-order valence-electron chi connectivity index (χ0n) is 10.3. The molecule has 20 heavy (non-hydrogen) atoms. The van der Waals surface area contributed by atoms with Crippen LogP contribution < -0.4 is 0 Å². The van der Waals surface area contributed by atoms with Crippen molar-refractivity contribution in [1.29, 1.82) is 0 Å². The lowest BCUT2D eigenvalue weighted by atomic mass is 10.1. The van der Waals surface area contributed by atoms with Gasteiger partial charge in [0.15, 0.2) is 0 Å². The summed E-state index contributed by atoms with van der Waals surface area (Å²) in [5.74, 6) is -1.99. The molecule has 5 nitrogen and oxygen atoms in total. The molecule has 0 aliphatic carbocycles. The molecule has 1 aromatic heterocycles. The van der Waals surface area contributed by atoms with E-state index in [9.17, 15) is 9.59 Å². The van der Waals surface area contributed by atoms with Gasteiger partial charge in [0.1, 0.15) is 5.69 Å². The van der Waals surface area contributed by atoms with E-state index >= 15 is 0 Å². The summed E-state index contributed by atoms with van der Waals surface area (Å²) < 4.78 is 4.98. The van der Waals surface area contributed by atoms with Gasteiger partial charge in [-0.1, -0.05) is 36.4 Å². The van der Waals surface area contributed by atoms with Crippen LogP contribution in [0, 0.1) is 0 Å². The second kappa shape index (κ2) is 7.25. The van der Waals surface area contributed by atoms with E-state index in [1.807, 2.05) is 0 Å². The maximum absolute atomic E-state index is 11.8. The largest absolute Gasteiger partial charge is 0.478 e. The fourth-order valence-electron chi connectivity index (χ4n) is 1.54. The lowest BCUT2D eigenvalue weighted by Gasteiger charge is -2.13. The minimum atomic E-state index is -1.34. The van der Waals surface area contributed by atoms with Crippen molar-refractivity contribution in [2.45, 2.75) is 6.10 Å². The number of esters is 1. The molecule has 1 aromatic carbocycles. The van der Waals surface area contributed by atoms with E-state index in [4.69, 9.17) is 9.84 Å². The summed E-state index contributed by atoms with van der Waals surface area (Å²) in [5.41, 5.74) is 0.476. The van der Waals surface area contributed by atoms with Gasteiger partial charge in [0.05, 0.1) is 0 Å². The Bertz CT molecular complexity index is 574. The van der Waals surface area contributed by atoms with Gasteiger partial charge in [-0.25, -0.2) is 14.6 Å². The van der Waals surface area contributed by atoms with E-state index in [1.165, 1.54) is 12.3 Å². The van der Waals surface area contributed by atoms with Crippen molar-refractivity contribution < 1.29 is 19.4 Å². The van der Waals surface area contributed by atoms with Crippen LogP contribution in [0.2, 0.25) is 0 Å². The van der Waals surface area contributed by atoms with Gasteiger partial charge in [-0.15, -0.1) is 12.4 Å². The molecule has 0 aliphatic rings. The molecule has 2 aromatic rings. The van der Waals surface area contributed by atoms with E-state index in [2.05, 4.69) is 4.98 Å². The average molecular weight is 294 g/mol. The molecule has 6 heteroatoms. The summed E-state index contributed by atoms with van der Waals surface area (Å²) >= 11 is 0. The van der Waals surface area contributed by atoms with E-state index in [1.54, 1.807) is 42.5 Å². The second-order valence-electron chi connectivity index (χ2n) is 3.75. The summed E-state index contributed by atoms with van der Waals surface area (Å²) in [6.45, 7) is 0. The van der Waals surface area contributed by atoms with Gasteiger partial charge in [0.2, 0.25) is 6.10 Å². The molecule has 1 heterocycles. The lowest BCUT2D eigenvalue weighted by molar-refractivity contribution is -0.147. The smallest absolute Gasteiger partial charge is 0.358 e. The Kier molecular flexibility index (Phi) is 5.68. The molecule has 2 rings (SSSR count). The van der Waals surface area contributed by atoms with Gasteiger partial charge in [-0.2, -0.15) is 0 Å². The van der Waals surface area contributed by atoms with Crippen LogP contribution in [0.1, 0.15) is 22.2 Å². The molecular formula is C14H12ClNO4. The Hall–Kier alpha value is -2.40. The topological polar surface area (TPSA) is 76.5 Å². The van der Waals surface area contributed by atoms with Crippen LogP contribution >= 0.6 is 12.4 Å². The number of hydrogen-bond donors (Lipinski definition) is 1. The summed E-state index contributed by atoms with van der Waals surface area (Å²) in [6.07, 6.45) is 0.102. The molecule has 0 amide bonds. The maximum Gasteiger partial charge on any atom is 0.358 e. The zero-order valence-corrected chi connectivity index (χ0v) is 11.1. The van der Waals surface area contributed by atoms with Gasteiger partial charge >= 0.3 is 11.9 Å². The highest BCUT2D eigenvalue weighted by Gasteiger charge is 2.25. The fourth-order valence-corrected chi connectivity index (χ4v) is 1.54. The number of pyridine rings is 1. The van der Waals surface area contributed by atoms with Crippen LogP contribution in [0.5, 0.6) is 0 Å². The Labute approximate surface area is 121 Å².